The molecule has 1 fully saturated rings. The van der Waals surface area contributed by atoms with Gasteiger partial charge in [0.25, 0.3) is 0 Å². The standard InChI is InChI=1S/C16H22N2O/c1-16(2,3)13-4-5-15(12(10-13)11-17)18-8-6-14(19)7-9-18/h4-5,10,14,19H,6-9H2,1-3H3. The van der Waals surface area contributed by atoms with Gasteiger partial charge < -0.3 is 10.0 Å². The summed E-state index contributed by atoms with van der Waals surface area (Å²) in [5.41, 5.74) is 2.98. The van der Waals surface area contributed by atoms with Crippen LogP contribution in [0.5, 0.6) is 0 Å². The van der Waals surface area contributed by atoms with Gasteiger partial charge in [-0.25, -0.2) is 0 Å². The molecule has 0 atom stereocenters. The Hall–Kier alpha value is -1.53. The Morgan fingerprint density at radius 2 is 1.89 bits per heavy atom. The number of benzene rings is 1. The van der Waals surface area contributed by atoms with Crippen LogP contribution in [0.1, 0.15) is 44.7 Å². The van der Waals surface area contributed by atoms with E-state index in [4.69, 9.17) is 0 Å². The van der Waals surface area contributed by atoms with Crippen LogP contribution in [0.4, 0.5) is 5.69 Å². The molecule has 3 nitrogen and oxygen atoms in total. The Morgan fingerprint density at radius 1 is 1.26 bits per heavy atom. The maximum Gasteiger partial charge on any atom is 0.101 e. The van der Waals surface area contributed by atoms with Gasteiger partial charge in [0, 0.05) is 13.1 Å². The molecule has 1 aliphatic rings. The summed E-state index contributed by atoms with van der Waals surface area (Å²) in [6.45, 7) is 8.11. The van der Waals surface area contributed by atoms with Crippen LogP contribution in [0.3, 0.4) is 0 Å². The first-order chi connectivity index (χ1) is 8.91. The van der Waals surface area contributed by atoms with E-state index in [1.807, 2.05) is 6.07 Å². The minimum atomic E-state index is -0.185. The second kappa shape index (κ2) is 5.22. The minimum Gasteiger partial charge on any atom is -0.393 e. The predicted octanol–water partition coefficient (Wildman–Crippen LogP) is 2.82. The highest BCUT2D eigenvalue weighted by molar-refractivity contribution is 5.61. The zero-order valence-electron chi connectivity index (χ0n) is 12.0. The van der Waals surface area contributed by atoms with Crippen LogP contribution < -0.4 is 4.90 Å². The zero-order chi connectivity index (χ0) is 14.0. The summed E-state index contributed by atoms with van der Waals surface area (Å²) in [6.07, 6.45) is 1.38. The van der Waals surface area contributed by atoms with Crippen molar-refractivity contribution >= 4 is 5.69 Å². The molecule has 0 spiro atoms. The third kappa shape index (κ3) is 3.08. The number of aliphatic hydroxyl groups excluding tert-OH is 1. The molecule has 0 aromatic heterocycles. The average Bonchev–Trinajstić information content (AvgIpc) is 2.38. The van der Waals surface area contributed by atoms with Gasteiger partial charge >= 0.3 is 0 Å². The molecule has 102 valence electrons. The van der Waals surface area contributed by atoms with Gasteiger partial charge in [-0.05, 0) is 36.0 Å². The highest BCUT2D eigenvalue weighted by Gasteiger charge is 2.21. The van der Waals surface area contributed by atoms with E-state index < -0.39 is 0 Å². The third-order valence-electron chi connectivity index (χ3n) is 3.79. The topological polar surface area (TPSA) is 47.3 Å². The summed E-state index contributed by atoms with van der Waals surface area (Å²) in [7, 11) is 0. The first kappa shape index (κ1) is 13.9. The van der Waals surface area contributed by atoms with Crippen molar-refractivity contribution in [2.45, 2.75) is 45.1 Å². The Morgan fingerprint density at radius 3 is 2.42 bits per heavy atom. The van der Waals surface area contributed by atoms with Crippen molar-refractivity contribution in [3.8, 4) is 6.07 Å². The first-order valence-corrected chi connectivity index (χ1v) is 6.89. The van der Waals surface area contributed by atoms with Gasteiger partial charge in [-0.15, -0.1) is 0 Å². The molecule has 0 amide bonds. The largest absolute Gasteiger partial charge is 0.393 e. The second-order valence-electron chi connectivity index (χ2n) is 6.31. The molecular weight excluding hydrogens is 236 g/mol. The smallest absolute Gasteiger partial charge is 0.101 e. The molecule has 0 radical (unpaired) electrons. The number of nitriles is 1. The van der Waals surface area contributed by atoms with Crippen molar-refractivity contribution in [2.24, 2.45) is 0 Å². The summed E-state index contributed by atoms with van der Waals surface area (Å²) in [6, 6.07) is 8.48. The van der Waals surface area contributed by atoms with Crippen molar-refractivity contribution in [3.05, 3.63) is 29.3 Å². The van der Waals surface area contributed by atoms with E-state index in [1.54, 1.807) is 0 Å². The first-order valence-electron chi connectivity index (χ1n) is 6.89. The lowest BCUT2D eigenvalue weighted by atomic mass is 9.86. The Balaban J connectivity index is 2.29. The summed E-state index contributed by atoms with van der Waals surface area (Å²) < 4.78 is 0. The van der Waals surface area contributed by atoms with Crippen LogP contribution in [-0.4, -0.2) is 24.3 Å². The van der Waals surface area contributed by atoms with Gasteiger partial charge in [-0.1, -0.05) is 26.8 Å². The fourth-order valence-corrected chi connectivity index (χ4v) is 2.47. The quantitative estimate of drug-likeness (QED) is 0.842. The highest BCUT2D eigenvalue weighted by Crippen LogP contribution is 2.29. The van der Waals surface area contributed by atoms with Gasteiger partial charge in [-0.3, -0.25) is 0 Å². The normalized spacial score (nSPS) is 17.3. The van der Waals surface area contributed by atoms with Gasteiger partial charge in [0.1, 0.15) is 6.07 Å². The van der Waals surface area contributed by atoms with Crippen molar-refractivity contribution in [1.29, 1.82) is 5.26 Å². The van der Waals surface area contributed by atoms with Gasteiger partial charge in [0.15, 0.2) is 0 Å². The zero-order valence-corrected chi connectivity index (χ0v) is 12.0. The number of rotatable bonds is 1. The van der Waals surface area contributed by atoms with Crippen LogP contribution in [0.2, 0.25) is 0 Å². The van der Waals surface area contributed by atoms with Crippen molar-refractivity contribution in [3.63, 3.8) is 0 Å². The van der Waals surface area contributed by atoms with Crippen LogP contribution in [-0.2, 0) is 5.41 Å². The molecule has 3 heteroatoms. The van der Waals surface area contributed by atoms with E-state index in [1.165, 1.54) is 5.56 Å². The molecule has 0 bridgehead atoms. The fraction of sp³-hybridized carbons (Fsp3) is 0.562. The maximum absolute atomic E-state index is 9.56. The van der Waals surface area contributed by atoms with Gasteiger partial charge in [0.2, 0.25) is 0 Å². The van der Waals surface area contributed by atoms with Gasteiger partial charge in [0.05, 0.1) is 17.4 Å². The van der Waals surface area contributed by atoms with E-state index >= 15 is 0 Å². The molecule has 0 aliphatic carbocycles. The molecule has 1 aromatic carbocycles. The predicted molar refractivity (Wildman–Crippen MR) is 77.3 cm³/mol. The molecule has 0 saturated carbocycles. The summed E-state index contributed by atoms with van der Waals surface area (Å²) in [5.74, 6) is 0. The third-order valence-corrected chi connectivity index (χ3v) is 3.79. The summed E-state index contributed by atoms with van der Waals surface area (Å²) in [5, 5.41) is 18.9. The van der Waals surface area contributed by atoms with E-state index in [-0.39, 0.29) is 11.5 Å². The number of aliphatic hydroxyl groups is 1. The summed E-state index contributed by atoms with van der Waals surface area (Å²) >= 11 is 0. The second-order valence-corrected chi connectivity index (χ2v) is 6.31. The van der Waals surface area contributed by atoms with E-state index in [0.717, 1.165) is 37.2 Å². The lowest BCUT2D eigenvalue weighted by Gasteiger charge is -2.32. The molecule has 1 saturated heterocycles. The Kier molecular flexibility index (Phi) is 3.82. The molecule has 0 unspecified atom stereocenters. The van der Waals surface area contributed by atoms with Crippen LogP contribution >= 0.6 is 0 Å². The molecule has 1 N–H and O–H groups in total. The maximum atomic E-state index is 9.56. The van der Waals surface area contributed by atoms with Crippen molar-refractivity contribution < 1.29 is 5.11 Å². The molecule has 1 aromatic rings. The lowest BCUT2D eigenvalue weighted by molar-refractivity contribution is 0.145. The Bertz CT molecular complexity index is 488. The number of anilines is 1. The molecule has 2 rings (SSSR count). The van der Waals surface area contributed by atoms with Crippen LogP contribution in [0.25, 0.3) is 0 Å². The molecule has 1 heterocycles. The average molecular weight is 258 g/mol. The monoisotopic (exact) mass is 258 g/mol. The van der Waals surface area contributed by atoms with Crippen LogP contribution in [0.15, 0.2) is 18.2 Å². The Labute approximate surface area is 115 Å². The highest BCUT2D eigenvalue weighted by atomic mass is 16.3. The SMILES string of the molecule is CC(C)(C)c1ccc(N2CCC(O)CC2)c(C#N)c1. The van der Waals surface area contributed by atoms with Crippen LogP contribution in [0, 0.1) is 11.3 Å². The number of piperidine rings is 1. The van der Waals surface area contributed by atoms with Gasteiger partial charge in [-0.2, -0.15) is 5.26 Å². The number of nitrogens with zero attached hydrogens (tertiary/aromatic N) is 2. The van der Waals surface area contributed by atoms with E-state index in [2.05, 4.69) is 43.9 Å². The fourth-order valence-electron chi connectivity index (χ4n) is 2.47. The number of hydrogen-bond donors (Lipinski definition) is 1. The minimum absolute atomic E-state index is 0.0578. The number of hydrogen-bond acceptors (Lipinski definition) is 3. The molecule has 19 heavy (non-hydrogen) atoms. The van der Waals surface area contributed by atoms with Crippen molar-refractivity contribution in [1.82, 2.24) is 0 Å². The van der Waals surface area contributed by atoms with Crippen molar-refractivity contribution in [2.75, 3.05) is 18.0 Å². The van der Waals surface area contributed by atoms with E-state index in [9.17, 15) is 10.4 Å². The molecule has 1 aliphatic heterocycles. The summed E-state index contributed by atoms with van der Waals surface area (Å²) in [4.78, 5) is 2.21. The molecular formula is C16H22N2O. The van der Waals surface area contributed by atoms with E-state index in [0.29, 0.717) is 0 Å². The lowest BCUT2D eigenvalue weighted by Crippen LogP contribution is -2.36.